The second-order valence-corrected chi connectivity index (χ2v) is 7.36. The second kappa shape index (κ2) is 7.92. The van der Waals surface area contributed by atoms with Crippen LogP contribution in [-0.4, -0.2) is 20.6 Å². The van der Waals surface area contributed by atoms with E-state index in [9.17, 15) is 0 Å². The van der Waals surface area contributed by atoms with Gasteiger partial charge in [0.1, 0.15) is 0 Å². The first-order chi connectivity index (χ1) is 12.5. The van der Waals surface area contributed by atoms with Crippen molar-refractivity contribution >= 4 is 33.9 Å². The van der Waals surface area contributed by atoms with E-state index in [1.54, 1.807) is 0 Å². The first kappa shape index (κ1) is 18.5. The molecule has 0 radical (unpaired) electrons. The van der Waals surface area contributed by atoms with E-state index in [2.05, 4.69) is 97.2 Å². The van der Waals surface area contributed by atoms with Gasteiger partial charge in [-0.3, -0.25) is 0 Å². The number of hydrogen-bond donors (Lipinski definition) is 1. The molecule has 0 aliphatic rings. The summed E-state index contributed by atoms with van der Waals surface area (Å²) >= 11 is 5.73. The van der Waals surface area contributed by atoms with Gasteiger partial charge in [0.15, 0.2) is 5.11 Å². The molecule has 0 saturated carbocycles. The van der Waals surface area contributed by atoms with E-state index < -0.39 is 0 Å². The quantitative estimate of drug-likeness (QED) is 0.596. The highest BCUT2D eigenvalue weighted by molar-refractivity contribution is 7.80. The summed E-state index contributed by atoms with van der Waals surface area (Å²) in [7, 11) is 0. The maximum atomic E-state index is 5.73. The van der Waals surface area contributed by atoms with E-state index in [1.807, 2.05) is 0 Å². The van der Waals surface area contributed by atoms with Crippen molar-refractivity contribution in [3.63, 3.8) is 0 Å². The Balaban J connectivity index is 1.85. The zero-order chi connectivity index (χ0) is 18.7. The highest BCUT2D eigenvalue weighted by atomic mass is 32.1. The predicted octanol–water partition coefficient (Wildman–Crippen LogP) is 5.58. The first-order valence-corrected chi connectivity index (χ1v) is 9.61. The molecule has 2 aromatic carbocycles. The highest BCUT2D eigenvalue weighted by Gasteiger charge is 2.17. The van der Waals surface area contributed by atoms with Crippen molar-refractivity contribution in [1.29, 1.82) is 0 Å². The van der Waals surface area contributed by atoms with Crippen LogP contribution in [0.3, 0.4) is 0 Å². The van der Waals surface area contributed by atoms with Crippen molar-refractivity contribution in [2.24, 2.45) is 0 Å². The van der Waals surface area contributed by atoms with Crippen LogP contribution >= 0.6 is 12.2 Å². The maximum absolute atomic E-state index is 5.73. The van der Waals surface area contributed by atoms with Crippen LogP contribution in [-0.2, 0) is 13.1 Å². The van der Waals surface area contributed by atoms with E-state index in [0.29, 0.717) is 6.04 Å². The summed E-state index contributed by atoms with van der Waals surface area (Å²) in [4.78, 5) is 2.25. The molecule has 0 aliphatic heterocycles. The molecule has 0 fully saturated rings. The Labute approximate surface area is 161 Å². The number of benzene rings is 2. The maximum Gasteiger partial charge on any atom is 0.173 e. The van der Waals surface area contributed by atoms with Crippen molar-refractivity contribution in [2.75, 3.05) is 5.32 Å². The number of fused-ring (bicyclic) bond motifs is 1. The van der Waals surface area contributed by atoms with Crippen molar-refractivity contribution in [1.82, 2.24) is 9.47 Å². The summed E-state index contributed by atoms with van der Waals surface area (Å²) in [5.41, 5.74) is 4.87. The van der Waals surface area contributed by atoms with Crippen molar-refractivity contribution in [2.45, 2.75) is 46.8 Å². The Morgan fingerprint density at radius 1 is 1.12 bits per heavy atom. The van der Waals surface area contributed by atoms with Crippen LogP contribution in [0.5, 0.6) is 0 Å². The summed E-state index contributed by atoms with van der Waals surface area (Å²) in [5.74, 6) is 0. The normalized spacial score (nSPS) is 11.1. The number of nitrogens with one attached hydrogen (secondary N) is 1. The molecule has 0 unspecified atom stereocenters. The Bertz CT molecular complexity index is 893. The van der Waals surface area contributed by atoms with E-state index >= 15 is 0 Å². The van der Waals surface area contributed by atoms with Crippen LogP contribution < -0.4 is 5.32 Å². The molecular formula is C22H27N3S. The fraction of sp³-hybridized carbons (Fsp3) is 0.318. The fourth-order valence-corrected chi connectivity index (χ4v) is 3.61. The summed E-state index contributed by atoms with van der Waals surface area (Å²) in [5, 5.41) is 5.46. The number of anilines is 1. The number of rotatable bonds is 5. The van der Waals surface area contributed by atoms with Gasteiger partial charge in [-0.1, -0.05) is 35.9 Å². The van der Waals surface area contributed by atoms with Gasteiger partial charge < -0.3 is 14.8 Å². The lowest BCUT2D eigenvalue weighted by Crippen LogP contribution is -2.39. The minimum absolute atomic E-state index is 0.309. The number of thiocarbonyl (C=S) groups is 1. The fourth-order valence-electron chi connectivity index (χ4n) is 3.22. The zero-order valence-corrected chi connectivity index (χ0v) is 16.8. The van der Waals surface area contributed by atoms with Crippen LogP contribution in [0.1, 0.15) is 31.9 Å². The lowest BCUT2D eigenvalue weighted by molar-refractivity contribution is 0.349. The number of nitrogens with zero attached hydrogens (tertiary/aromatic N) is 2. The molecule has 0 bridgehead atoms. The molecule has 0 amide bonds. The topological polar surface area (TPSA) is 20.2 Å². The molecule has 0 spiro atoms. The molecule has 3 nitrogen and oxygen atoms in total. The van der Waals surface area contributed by atoms with Gasteiger partial charge in [-0.25, -0.2) is 0 Å². The van der Waals surface area contributed by atoms with Crippen molar-refractivity contribution in [3.8, 4) is 0 Å². The Kier molecular flexibility index (Phi) is 5.62. The SMILES string of the molecule is CCn1cc(CN(C(=S)Nc2ccc(C)cc2)C(C)C)c2ccccc21. The molecule has 0 atom stereocenters. The molecule has 1 heterocycles. The van der Waals surface area contributed by atoms with E-state index in [0.717, 1.165) is 23.9 Å². The van der Waals surface area contributed by atoms with Crippen LogP contribution in [0.4, 0.5) is 5.69 Å². The Morgan fingerprint density at radius 3 is 2.46 bits per heavy atom. The van der Waals surface area contributed by atoms with Crippen LogP contribution in [0.2, 0.25) is 0 Å². The second-order valence-electron chi connectivity index (χ2n) is 6.98. The molecule has 3 rings (SSSR count). The third-order valence-corrected chi connectivity index (χ3v) is 5.08. The molecule has 4 heteroatoms. The first-order valence-electron chi connectivity index (χ1n) is 9.20. The predicted molar refractivity (Wildman–Crippen MR) is 116 cm³/mol. The van der Waals surface area contributed by atoms with Gasteiger partial charge in [0.2, 0.25) is 0 Å². The average Bonchev–Trinajstić information content (AvgIpc) is 2.99. The van der Waals surface area contributed by atoms with E-state index in [4.69, 9.17) is 12.2 Å². The largest absolute Gasteiger partial charge is 0.347 e. The van der Waals surface area contributed by atoms with Gasteiger partial charge in [-0.2, -0.15) is 0 Å². The van der Waals surface area contributed by atoms with E-state index in [-0.39, 0.29) is 0 Å². The highest BCUT2D eigenvalue weighted by Crippen LogP contribution is 2.24. The lowest BCUT2D eigenvalue weighted by Gasteiger charge is -2.29. The minimum atomic E-state index is 0.309. The molecule has 1 aromatic heterocycles. The smallest absolute Gasteiger partial charge is 0.173 e. The third-order valence-electron chi connectivity index (χ3n) is 4.74. The standard InChI is InChI=1S/C22H27N3S/c1-5-24-14-18(20-8-6-7-9-21(20)24)15-25(16(2)3)22(26)23-19-12-10-17(4)11-13-19/h6-14,16H,5,15H2,1-4H3,(H,23,26). The monoisotopic (exact) mass is 365 g/mol. The Morgan fingerprint density at radius 2 is 1.81 bits per heavy atom. The Hall–Kier alpha value is -2.33. The van der Waals surface area contributed by atoms with Gasteiger partial charge in [0.05, 0.1) is 0 Å². The number of hydrogen-bond acceptors (Lipinski definition) is 1. The molecule has 3 aromatic rings. The molecule has 0 saturated heterocycles. The van der Waals surface area contributed by atoms with Gasteiger partial charge in [0, 0.05) is 41.9 Å². The van der Waals surface area contributed by atoms with Crippen molar-refractivity contribution in [3.05, 3.63) is 65.9 Å². The summed E-state index contributed by atoms with van der Waals surface area (Å²) in [6.07, 6.45) is 2.26. The molecule has 1 N–H and O–H groups in total. The number of para-hydroxylation sites is 1. The van der Waals surface area contributed by atoms with Crippen LogP contribution in [0, 0.1) is 6.92 Å². The zero-order valence-electron chi connectivity index (χ0n) is 16.0. The van der Waals surface area contributed by atoms with E-state index in [1.165, 1.54) is 22.0 Å². The summed E-state index contributed by atoms with van der Waals surface area (Å²) in [6, 6.07) is 17.2. The summed E-state index contributed by atoms with van der Waals surface area (Å²) < 4.78 is 2.31. The minimum Gasteiger partial charge on any atom is -0.347 e. The summed E-state index contributed by atoms with van der Waals surface area (Å²) in [6.45, 7) is 10.4. The van der Waals surface area contributed by atoms with Crippen LogP contribution in [0.25, 0.3) is 10.9 Å². The van der Waals surface area contributed by atoms with Crippen molar-refractivity contribution < 1.29 is 0 Å². The van der Waals surface area contributed by atoms with Crippen LogP contribution in [0.15, 0.2) is 54.7 Å². The number of aromatic nitrogens is 1. The molecular weight excluding hydrogens is 338 g/mol. The average molecular weight is 366 g/mol. The van der Waals surface area contributed by atoms with Gasteiger partial charge in [-0.15, -0.1) is 0 Å². The molecule has 136 valence electrons. The van der Waals surface area contributed by atoms with Gasteiger partial charge in [-0.05, 0) is 63.7 Å². The number of aryl methyl sites for hydroxylation is 2. The van der Waals surface area contributed by atoms with Gasteiger partial charge >= 0.3 is 0 Å². The lowest BCUT2D eigenvalue weighted by atomic mass is 10.1. The third kappa shape index (κ3) is 3.91. The van der Waals surface area contributed by atoms with Gasteiger partial charge in [0.25, 0.3) is 0 Å². The molecule has 26 heavy (non-hydrogen) atoms. The molecule has 0 aliphatic carbocycles.